The molecule has 0 unspecified atom stereocenters. The van der Waals surface area contributed by atoms with E-state index in [0.29, 0.717) is 11.2 Å². The van der Waals surface area contributed by atoms with E-state index in [0.717, 1.165) is 0 Å². The summed E-state index contributed by atoms with van der Waals surface area (Å²) in [4.78, 5) is 52.9. The van der Waals surface area contributed by atoms with Gasteiger partial charge in [0.25, 0.3) is 5.56 Å². The minimum absolute atomic E-state index is 0.0413. The Morgan fingerprint density at radius 1 is 1.03 bits per heavy atom. The topological polar surface area (TPSA) is 254 Å². The molecule has 0 amide bonds. The van der Waals surface area contributed by atoms with E-state index in [4.69, 9.17) is 15.6 Å². The van der Waals surface area contributed by atoms with Crippen molar-refractivity contribution in [2.24, 2.45) is 0 Å². The number of nitrogens with one attached hydrogen (secondary N) is 4. The maximum atomic E-state index is 10.9. The zero-order valence-corrected chi connectivity index (χ0v) is 15.5. The summed E-state index contributed by atoms with van der Waals surface area (Å²) in [6.07, 6.45) is -1.42. The van der Waals surface area contributed by atoms with Crippen molar-refractivity contribution in [2.45, 2.75) is 24.5 Å². The first-order valence-electron chi connectivity index (χ1n) is 8.80. The molecule has 1 saturated heterocycles. The summed E-state index contributed by atoms with van der Waals surface area (Å²) >= 11 is 0. The summed E-state index contributed by atoms with van der Waals surface area (Å²) in [7, 11) is 0. The van der Waals surface area contributed by atoms with Gasteiger partial charge < -0.3 is 25.8 Å². The average molecular weight is 435 g/mol. The van der Waals surface area contributed by atoms with E-state index in [2.05, 4.69) is 29.9 Å². The number of aromatic amines is 4. The third-order valence-electron chi connectivity index (χ3n) is 4.60. The highest BCUT2D eigenvalue weighted by atomic mass is 16.6. The summed E-state index contributed by atoms with van der Waals surface area (Å²) in [5, 5.41) is 28.7. The molecule has 0 aromatic carbocycles. The van der Waals surface area contributed by atoms with Crippen LogP contribution in [0.3, 0.4) is 0 Å². The lowest BCUT2D eigenvalue weighted by Crippen LogP contribution is -2.33. The van der Waals surface area contributed by atoms with Crippen LogP contribution in [0.25, 0.3) is 22.3 Å². The molecule has 0 bridgehead atoms. The number of nitrogens with zero attached hydrogens (tertiary/aromatic N) is 4. The Bertz CT molecular complexity index is 1400. The summed E-state index contributed by atoms with van der Waals surface area (Å²) in [5.74, 6) is 0.218. The van der Waals surface area contributed by atoms with Crippen LogP contribution in [0.1, 0.15) is 6.23 Å². The number of imidazole rings is 2. The molecule has 4 atom stereocenters. The SMILES string of the molecule is Nc1ncnc2c1ncn2[C@@H]1O[C@H](CO)[C@@H](O)[C@H]1O.O=c1[nH]c(=O)c2[nH]c(=O)[nH]c2[nH]1. The second-order valence-corrected chi connectivity index (χ2v) is 6.55. The predicted octanol–water partition coefficient (Wildman–Crippen LogP) is -3.75. The highest BCUT2D eigenvalue weighted by Crippen LogP contribution is 2.31. The lowest BCUT2D eigenvalue weighted by atomic mass is 10.1. The molecule has 0 aliphatic carbocycles. The van der Waals surface area contributed by atoms with E-state index in [1.807, 2.05) is 4.98 Å². The molecule has 1 aliphatic rings. The second kappa shape index (κ2) is 7.76. The van der Waals surface area contributed by atoms with Crippen LogP contribution in [0.5, 0.6) is 0 Å². The number of ether oxygens (including phenoxy) is 1. The van der Waals surface area contributed by atoms with E-state index in [1.54, 1.807) is 0 Å². The number of aliphatic hydroxyl groups excluding tert-OH is 3. The van der Waals surface area contributed by atoms with Gasteiger partial charge in [0, 0.05) is 0 Å². The van der Waals surface area contributed by atoms with E-state index in [9.17, 15) is 24.6 Å². The van der Waals surface area contributed by atoms with Gasteiger partial charge in [-0.1, -0.05) is 0 Å². The van der Waals surface area contributed by atoms with Crippen LogP contribution >= 0.6 is 0 Å². The smallest absolute Gasteiger partial charge is 0.327 e. The highest BCUT2D eigenvalue weighted by Gasteiger charge is 2.43. The molecule has 16 heteroatoms. The van der Waals surface area contributed by atoms with Gasteiger partial charge >= 0.3 is 11.4 Å². The molecule has 0 radical (unpaired) electrons. The van der Waals surface area contributed by atoms with Crippen molar-refractivity contribution in [3.63, 3.8) is 0 Å². The molecular formula is C15H17N9O7. The number of rotatable bonds is 2. The lowest BCUT2D eigenvalue weighted by Gasteiger charge is -2.16. The fraction of sp³-hybridized carbons (Fsp3) is 0.333. The normalized spacial score (nSPS) is 23.2. The fourth-order valence-corrected chi connectivity index (χ4v) is 3.12. The summed E-state index contributed by atoms with van der Waals surface area (Å²) in [6.45, 7) is -0.390. The van der Waals surface area contributed by atoms with Gasteiger partial charge in [-0.25, -0.2) is 24.5 Å². The van der Waals surface area contributed by atoms with Gasteiger partial charge in [0.1, 0.15) is 41.3 Å². The Hall–Kier alpha value is -3.86. The quantitative estimate of drug-likeness (QED) is 0.152. The first kappa shape index (κ1) is 20.4. The van der Waals surface area contributed by atoms with E-state index in [-0.39, 0.29) is 17.0 Å². The number of nitrogen functional groups attached to an aromatic ring is 1. The van der Waals surface area contributed by atoms with Crippen LogP contribution in [0.15, 0.2) is 27.0 Å². The number of nitrogens with two attached hydrogens (primary N) is 1. The maximum absolute atomic E-state index is 10.9. The fourth-order valence-electron chi connectivity index (χ4n) is 3.12. The Balaban J connectivity index is 0.000000166. The molecule has 4 aromatic heterocycles. The van der Waals surface area contributed by atoms with Crippen LogP contribution in [-0.2, 0) is 4.74 Å². The monoisotopic (exact) mass is 435 g/mol. The minimum atomic E-state index is -1.19. The van der Waals surface area contributed by atoms with Gasteiger partial charge in [-0.2, -0.15) is 0 Å². The average Bonchev–Trinajstić information content (AvgIpc) is 3.39. The molecule has 0 spiro atoms. The zero-order chi connectivity index (χ0) is 22.3. The van der Waals surface area contributed by atoms with Crippen molar-refractivity contribution in [3.05, 3.63) is 44.0 Å². The van der Waals surface area contributed by atoms with Gasteiger partial charge in [-0.15, -0.1) is 0 Å². The molecule has 5 heterocycles. The van der Waals surface area contributed by atoms with Gasteiger partial charge in [-0.05, 0) is 0 Å². The molecule has 16 nitrogen and oxygen atoms in total. The van der Waals surface area contributed by atoms with Crippen molar-refractivity contribution in [1.29, 1.82) is 0 Å². The Morgan fingerprint density at radius 3 is 2.42 bits per heavy atom. The molecule has 0 saturated carbocycles. The third-order valence-corrected chi connectivity index (χ3v) is 4.60. The highest BCUT2D eigenvalue weighted by molar-refractivity contribution is 5.81. The molecular weight excluding hydrogens is 418 g/mol. The molecule has 1 fully saturated rings. The molecule has 31 heavy (non-hydrogen) atoms. The first-order valence-corrected chi connectivity index (χ1v) is 8.80. The Labute approximate surface area is 169 Å². The third kappa shape index (κ3) is 3.59. The van der Waals surface area contributed by atoms with Crippen LogP contribution in [0.4, 0.5) is 5.82 Å². The second-order valence-electron chi connectivity index (χ2n) is 6.55. The van der Waals surface area contributed by atoms with Crippen molar-refractivity contribution in [2.75, 3.05) is 12.3 Å². The largest absolute Gasteiger partial charge is 0.394 e. The van der Waals surface area contributed by atoms with Crippen LogP contribution < -0.4 is 22.7 Å². The van der Waals surface area contributed by atoms with E-state index < -0.39 is 48.1 Å². The standard InChI is InChI=1S/C10H13N5O4.C5H4N4O3/c11-8-5-9(13-2-12-8)15(3-14-5)10-7(18)6(17)4(1-16)19-10;10-3-1-2(7-4(11)6-1)8-5(12)9-3/h2-4,6-7,10,16-18H,1H2,(H2,11,12,13);(H4,6,7,8,9,10,11,12)/t4-,6-,7-,10-;/m1./s1. The molecule has 164 valence electrons. The molecule has 9 N–H and O–H groups in total. The Morgan fingerprint density at radius 2 is 1.74 bits per heavy atom. The van der Waals surface area contributed by atoms with Crippen molar-refractivity contribution in [1.82, 2.24) is 39.5 Å². The minimum Gasteiger partial charge on any atom is -0.394 e. The number of H-pyrrole nitrogens is 4. The number of aromatic nitrogens is 8. The van der Waals surface area contributed by atoms with E-state index in [1.165, 1.54) is 17.2 Å². The number of fused-ring (bicyclic) bond motifs is 2. The summed E-state index contributed by atoms with van der Waals surface area (Å²) < 4.78 is 6.85. The predicted molar refractivity (Wildman–Crippen MR) is 103 cm³/mol. The summed E-state index contributed by atoms with van der Waals surface area (Å²) in [5.41, 5.74) is 4.79. The lowest BCUT2D eigenvalue weighted by molar-refractivity contribution is -0.0511. The van der Waals surface area contributed by atoms with Crippen LogP contribution in [-0.4, -0.2) is 79.7 Å². The van der Waals surface area contributed by atoms with Crippen molar-refractivity contribution >= 4 is 28.1 Å². The number of anilines is 1. The van der Waals surface area contributed by atoms with Crippen molar-refractivity contribution < 1.29 is 20.1 Å². The summed E-state index contributed by atoms with van der Waals surface area (Å²) in [6, 6.07) is 0. The van der Waals surface area contributed by atoms with Gasteiger partial charge in [0.15, 0.2) is 17.7 Å². The molecule has 1 aliphatic heterocycles. The van der Waals surface area contributed by atoms with E-state index >= 15 is 0 Å². The first-order chi connectivity index (χ1) is 14.8. The van der Waals surface area contributed by atoms with Crippen molar-refractivity contribution in [3.8, 4) is 0 Å². The van der Waals surface area contributed by atoms with Crippen LogP contribution in [0.2, 0.25) is 0 Å². The molecule has 5 rings (SSSR count). The van der Waals surface area contributed by atoms with Gasteiger partial charge in [0.05, 0.1) is 12.9 Å². The number of aliphatic hydroxyl groups is 3. The zero-order valence-electron chi connectivity index (χ0n) is 15.5. The number of hydrogen-bond acceptors (Lipinski definition) is 11. The number of hydrogen-bond donors (Lipinski definition) is 8. The van der Waals surface area contributed by atoms with Gasteiger partial charge in [-0.3, -0.25) is 29.3 Å². The molecule has 4 aromatic rings. The maximum Gasteiger partial charge on any atom is 0.327 e. The Kier molecular flexibility index (Phi) is 5.11. The van der Waals surface area contributed by atoms with Crippen LogP contribution in [0, 0.1) is 0 Å². The van der Waals surface area contributed by atoms with Gasteiger partial charge in [0.2, 0.25) is 0 Å².